The molecule has 8 heteroatoms. The Morgan fingerprint density at radius 2 is 1.97 bits per heavy atom. The van der Waals surface area contributed by atoms with Crippen LogP contribution in [0.1, 0.15) is 47.2 Å². The number of halogens is 2. The standard InChI is InChI=1S/C22H26N4O2.2ClH/c1-3-26-20-10-9-15(22(27)28-4-2)11-19(20)24-21(26)14-25-12-16-7-5-6-8-17(16)18(23)13-25;;/h5-11,18H,3-4,12-14,23H2,1-2H3;2*1H. The summed E-state index contributed by atoms with van der Waals surface area (Å²) in [5, 5.41) is 0. The number of nitrogens with two attached hydrogens (primary N) is 1. The monoisotopic (exact) mass is 450 g/mol. The number of aryl methyl sites for hydroxylation is 1. The van der Waals surface area contributed by atoms with E-state index in [2.05, 4.69) is 34.6 Å². The van der Waals surface area contributed by atoms with E-state index in [-0.39, 0.29) is 36.8 Å². The van der Waals surface area contributed by atoms with Crippen LogP contribution in [0.25, 0.3) is 11.0 Å². The van der Waals surface area contributed by atoms with Crippen LogP contribution in [-0.4, -0.2) is 33.6 Å². The second kappa shape index (κ2) is 10.3. The number of benzene rings is 2. The Balaban J connectivity index is 0.00000160. The molecule has 6 nitrogen and oxygen atoms in total. The first-order chi connectivity index (χ1) is 13.6. The van der Waals surface area contributed by atoms with Gasteiger partial charge in [-0.15, -0.1) is 24.8 Å². The summed E-state index contributed by atoms with van der Waals surface area (Å²) in [6.07, 6.45) is 0. The van der Waals surface area contributed by atoms with Crippen molar-refractivity contribution in [2.45, 2.75) is 39.5 Å². The summed E-state index contributed by atoms with van der Waals surface area (Å²) < 4.78 is 7.32. The van der Waals surface area contributed by atoms with Crippen LogP contribution in [0.5, 0.6) is 0 Å². The highest BCUT2D eigenvalue weighted by Gasteiger charge is 2.24. The van der Waals surface area contributed by atoms with Crippen molar-refractivity contribution in [3.63, 3.8) is 0 Å². The highest BCUT2D eigenvalue weighted by Crippen LogP contribution is 2.27. The molecule has 3 aromatic rings. The van der Waals surface area contributed by atoms with Gasteiger partial charge in [-0.2, -0.15) is 0 Å². The fraction of sp³-hybridized carbons (Fsp3) is 0.364. The SMILES string of the molecule is CCOC(=O)c1ccc2c(c1)nc(CN1Cc3ccccc3C(N)C1)n2CC.Cl.Cl. The molecular formula is C22H28Cl2N4O2. The van der Waals surface area contributed by atoms with Gasteiger partial charge in [0.25, 0.3) is 0 Å². The normalized spacial score (nSPS) is 15.8. The summed E-state index contributed by atoms with van der Waals surface area (Å²) in [6.45, 7) is 7.49. The number of nitrogens with zero attached hydrogens (tertiary/aromatic N) is 3. The zero-order chi connectivity index (χ0) is 19.7. The van der Waals surface area contributed by atoms with Gasteiger partial charge in [0.2, 0.25) is 0 Å². The first kappa shape index (κ1) is 24.2. The van der Waals surface area contributed by atoms with Gasteiger partial charge in [-0.1, -0.05) is 24.3 Å². The van der Waals surface area contributed by atoms with Gasteiger partial charge >= 0.3 is 5.97 Å². The molecule has 1 atom stereocenters. The quantitative estimate of drug-likeness (QED) is 0.592. The van der Waals surface area contributed by atoms with Crippen LogP contribution in [-0.2, 0) is 24.4 Å². The lowest BCUT2D eigenvalue weighted by Crippen LogP contribution is -2.37. The molecule has 0 saturated carbocycles. The van der Waals surface area contributed by atoms with E-state index in [1.807, 2.05) is 31.2 Å². The number of carbonyl (C=O) groups is 1. The molecule has 2 N–H and O–H groups in total. The van der Waals surface area contributed by atoms with E-state index in [9.17, 15) is 4.79 Å². The Bertz CT molecular complexity index is 1020. The Morgan fingerprint density at radius 1 is 1.20 bits per heavy atom. The lowest BCUT2D eigenvalue weighted by molar-refractivity contribution is 0.0526. The van der Waals surface area contributed by atoms with Crippen molar-refractivity contribution in [2.75, 3.05) is 13.2 Å². The van der Waals surface area contributed by atoms with E-state index >= 15 is 0 Å². The van der Waals surface area contributed by atoms with Gasteiger partial charge in [0.15, 0.2) is 0 Å². The number of hydrogen-bond donors (Lipinski definition) is 1. The lowest BCUT2D eigenvalue weighted by atomic mass is 9.96. The van der Waals surface area contributed by atoms with Crippen molar-refractivity contribution >= 4 is 41.8 Å². The van der Waals surface area contributed by atoms with Crippen LogP contribution in [0.4, 0.5) is 0 Å². The highest BCUT2D eigenvalue weighted by atomic mass is 35.5. The summed E-state index contributed by atoms with van der Waals surface area (Å²) >= 11 is 0. The van der Waals surface area contributed by atoms with Crippen molar-refractivity contribution in [1.82, 2.24) is 14.5 Å². The van der Waals surface area contributed by atoms with Crippen LogP contribution in [0.15, 0.2) is 42.5 Å². The molecule has 1 aliphatic rings. The lowest BCUT2D eigenvalue weighted by Gasteiger charge is -2.32. The van der Waals surface area contributed by atoms with E-state index in [4.69, 9.17) is 15.5 Å². The molecule has 0 saturated heterocycles. The number of hydrogen-bond acceptors (Lipinski definition) is 5. The van der Waals surface area contributed by atoms with Gasteiger partial charge in [-0.05, 0) is 43.2 Å². The predicted molar refractivity (Wildman–Crippen MR) is 123 cm³/mol. The molecule has 1 unspecified atom stereocenters. The smallest absolute Gasteiger partial charge is 0.338 e. The van der Waals surface area contributed by atoms with Gasteiger partial charge in [0.05, 0.1) is 29.7 Å². The van der Waals surface area contributed by atoms with Gasteiger partial charge < -0.3 is 15.0 Å². The number of fused-ring (bicyclic) bond motifs is 2. The van der Waals surface area contributed by atoms with Crippen molar-refractivity contribution in [2.24, 2.45) is 5.73 Å². The van der Waals surface area contributed by atoms with E-state index < -0.39 is 0 Å². The van der Waals surface area contributed by atoms with Gasteiger partial charge in [0, 0.05) is 25.7 Å². The molecule has 0 spiro atoms. The third-order valence-electron chi connectivity index (χ3n) is 5.32. The first-order valence-corrected chi connectivity index (χ1v) is 9.82. The molecule has 1 aliphatic heterocycles. The van der Waals surface area contributed by atoms with Crippen LogP contribution in [0.2, 0.25) is 0 Å². The number of imidazole rings is 1. The molecule has 2 aromatic carbocycles. The van der Waals surface area contributed by atoms with Crippen molar-refractivity contribution in [1.29, 1.82) is 0 Å². The van der Waals surface area contributed by atoms with Crippen LogP contribution in [0, 0.1) is 0 Å². The van der Waals surface area contributed by atoms with E-state index in [0.717, 1.165) is 43.0 Å². The number of carbonyl (C=O) groups excluding carboxylic acids is 1. The number of esters is 1. The molecule has 4 rings (SSSR count). The first-order valence-electron chi connectivity index (χ1n) is 9.82. The molecule has 162 valence electrons. The van der Waals surface area contributed by atoms with Crippen LogP contribution >= 0.6 is 24.8 Å². The Hall–Kier alpha value is -2.12. The molecule has 0 aliphatic carbocycles. The van der Waals surface area contributed by atoms with Crippen LogP contribution < -0.4 is 5.73 Å². The summed E-state index contributed by atoms with van der Waals surface area (Å²) in [5.74, 6) is 0.681. The van der Waals surface area contributed by atoms with E-state index in [1.54, 1.807) is 0 Å². The zero-order valence-electron chi connectivity index (χ0n) is 17.2. The Kier molecular flexibility index (Phi) is 8.26. The predicted octanol–water partition coefficient (Wildman–Crippen LogP) is 4.09. The number of aromatic nitrogens is 2. The fourth-order valence-electron chi connectivity index (χ4n) is 4.04. The second-order valence-electron chi connectivity index (χ2n) is 7.17. The number of ether oxygens (including phenoxy) is 1. The van der Waals surface area contributed by atoms with Crippen molar-refractivity contribution in [3.05, 3.63) is 65.0 Å². The maximum atomic E-state index is 12.0. The summed E-state index contributed by atoms with van der Waals surface area (Å²) in [6, 6.07) is 14.0. The molecule has 2 heterocycles. The minimum absolute atomic E-state index is 0. The summed E-state index contributed by atoms with van der Waals surface area (Å²) in [7, 11) is 0. The molecular weight excluding hydrogens is 423 g/mol. The second-order valence-corrected chi connectivity index (χ2v) is 7.17. The summed E-state index contributed by atoms with van der Waals surface area (Å²) in [5.41, 5.74) is 11.3. The summed E-state index contributed by atoms with van der Waals surface area (Å²) in [4.78, 5) is 19.2. The van der Waals surface area contributed by atoms with E-state index in [0.29, 0.717) is 12.2 Å². The largest absolute Gasteiger partial charge is 0.462 e. The third kappa shape index (κ3) is 4.62. The minimum atomic E-state index is -0.310. The third-order valence-corrected chi connectivity index (χ3v) is 5.32. The average Bonchev–Trinajstić information content (AvgIpc) is 3.04. The maximum absolute atomic E-state index is 12.0. The molecule has 0 fully saturated rings. The average molecular weight is 451 g/mol. The molecule has 0 bridgehead atoms. The highest BCUT2D eigenvalue weighted by molar-refractivity contribution is 5.93. The topological polar surface area (TPSA) is 73.4 Å². The van der Waals surface area contributed by atoms with Gasteiger partial charge in [-0.25, -0.2) is 9.78 Å². The van der Waals surface area contributed by atoms with Crippen LogP contribution in [0.3, 0.4) is 0 Å². The van der Waals surface area contributed by atoms with Crippen molar-refractivity contribution in [3.8, 4) is 0 Å². The van der Waals surface area contributed by atoms with Crippen molar-refractivity contribution < 1.29 is 9.53 Å². The Labute approximate surface area is 189 Å². The zero-order valence-corrected chi connectivity index (χ0v) is 18.8. The minimum Gasteiger partial charge on any atom is -0.462 e. The van der Waals surface area contributed by atoms with Gasteiger partial charge in [-0.3, -0.25) is 4.90 Å². The Morgan fingerprint density at radius 3 is 2.70 bits per heavy atom. The number of rotatable bonds is 5. The fourth-order valence-corrected chi connectivity index (χ4v) is 4.04. The molecule has 1 aromatic heterocycles. The molecule has 0 radical (unpaired) electrons. The maximum Gasteiger partial charge on any atom is 0.338 e. The van der Waals surface area contributed by atoms with E-state index in [1.165, 1.54) is 11.1 Å². The molecule has 30 heavy (non-hydrogen) atoms. The molecule has 0 amide bonds. The van der Waals surface area contributed by atoms with Gasteiger partial charge in [0.1, 0.15) is 5.82 Å².